The fraction of sp³-hybridized carbons (Fsp3) is 0.500. The molecule has 2 aromatic carbocycles. The molecule has 0 radical (unpaired) electrons. The van der Waals surface area contributed by atoms with Crippen molar-refractivity contribution in [2.24, 2.45) is 21.5 Å². The van der Waals surface area contributed by atoms with Gasteiger partial charge in [0.2, 0.25) is 53.2 Å². The van der Waals surface area contributed by atoms with Gasteiger partial charge in [0, 0.05) is 94.2 Å². The highest BCUT2D eigenvalue weighted by atomic mass is 16.2. The van der Waals surface area contributed by atoms with Crippen molar-refractivity contribution in [1.29, 1.82) is 0 Å². The van der Waals surface area contributed by atoms with Crippen LogP contribution in [0.5, 0.6) is 0 Å². The molecule has 428 valence electrons. The molecule has 7 rings (SSSR count). The monoisotopic (exact) mass is 1100 g/mol. The zero-order valence-corrected chi connectivity index (χ0v) is 45.3. The number of nitrogens with zero attached hydrogens (tertiary/aromatic N) is 4. The van der Waals surface area contributed by atoms with Crippen LogP contribution in [-0.4, -0.2) is 160 Å². The number of guanidine groups is 1. The molecule has 4 aliphatic rings. The number of para-hydroxylation sites is 1. The van der Waals surface area contributed by atoms with Crippen LogP contribution >= 0.6 is 0 Å². The Balaban J connectivity index is 1.26. The van der Waals surface area contributed by atoms with Crippen molar-refractivity contribution in [2.75, 3.05) is 26.2 Å². The summed E-state index contributed by atoms with van der Waals surface area (Å²) in [6.07, 6.45) is 7.04. The van der Waals surface area contributed by atoms with E-state index in [9.17, 15) is 43.2 Å². The number of ketones is 1. The van der Waals surface area contributed by atoms with E-state index in [4.69, 9.17) is 11.5 Å². The standard InChI is InChI=1S/C56H74N14O10/c1-33(71)46-20-11-27-69(46)55(80)47-21-12-28-70(47)54(79)42-19-10-25-60-48(73)23-22-41(63-34(2)72)50(75)68-45(31-37-15-8-24-59-37)53(78)66-43(29-35-13-4-3-5-14-35)51(76)64-40(18-9-26-61-56(57)58)49(74)67-44(52(77)65-42)30-36-32-62-39-17-7-6-16-38(36)39/h3-7,13-17,24,32,40-47,62H,8-12,18-23,25-31H2,1-2H3,(H,60,73)(H,63,72)(H,64,76)(H,65,77)(H,66,78)(H,67,74)(H,68,75)(H4,57,58,61)/t40-,41-,42-,43+,44-,45-,46-,47-/m0/s1. The summed E-state index contributed by atoms with van der Waals surface area (Å²) >= 11 is 0. The molecule has 8 atom stereocenters. The molecule has 12 N–H and O–H groups in total. The quantitative estimate of drug-likeness (QED) is 0.0577. The number of aromatic amines is 1. The van der Waals surface area contributed by atoms with Gasteiger partial charge in [0.25, 0.3) is 0 Å². The van der Waals surface area contributed by atoms with Gasteiger partial charge in [0.15, 0.2) is 11.7 Å². The van der Waals surface area contributed by atoms with Crippen molar-refractivity contribution in [3.05, 3.63) is 83.7 Å². The summed E-state index contributed by atoms with van der Waals surface area (Å²) in [7, 11) is 0. The van der Waals surface area contributed by atoms with E-state index in [-0.39, 0.29) is 95.1 Å². The lowest BCUT2D eigenvalue weighted by Gasteiger charge is -2.33. The van der Waals surface area contributed by atoms with Crippen LogP contribution in [0, 0.1) is 0 Å². The van der Waals surface area contributed by atoms with Crippen molar-refractivity contribution in [3.8, 4) is 0 Å². The summed E-state index contributed by atoms with van der Waals surface area (Å²) in [6, 6.07) is 6.59. The number of rotatable bonds is 14. The van der Waals surface area contributed by atoms with E-state index in [1.54, 1.807) is 48.8 Å². The maximum Gasteiger partial charge on any atom is 0.245 e. The molecule has 0 saturated carbocycles. The van der Waals surface area contributed by atoms with Gasteiger partial charge in [-0.1, -0.05) is 54.6 Å². The van der Waals surface area contributed by atoms with Crippen LogP contribution in [0.2, 0.25) is 0 Å². The number of carbonyl (C=O) groups is 10. The number of aliphatic imine (C=N–C) groups is 2. The third kappa shape index (κ3) is 16.3. The van der Waals surface area contributed by atoms with E-state index in [2.05, 4.69) is 52.2 Å². The van der Waals surface area contributed by atoms with E-state index in [1.807, 2.05) is 24.3 Å². The van der Waals surface area contributed by atoms with Crippen LogP contribution < -0.4 is 48.7 Å². The number of allylic oxidation sites excluding steroid dienone is 1. The number of hydrogen-bond acceptors (Lipinski definition) is 12. The van der Waals surface area contributed by atoms with E-state index in [0.717, 1.165) is 10.9 Å². The molecule has 0 spiro atoms. The number of benzene rings is 2. The SMILES string of the molecule is CC(=O)N[C@H]1CCC(=O)NCCC[C@@H](C(=O)N2CCC[C@H]2C(=O)N2CCC[C@H]2C(C)=O)NC(=O)[C@H](Cc2c[nH]c3ccccc23)NC(=O)[C@H](CCCN=C(N)N)NC(=O)[C@@H](Cc2ccccc2)NC(=O)[C@H](CC2=CCC=N2)NC1=O. The second-order valence-electron chi connectivity index (χ2n) is 20.7. The Bertz CT molecular complexity index is 2860. The molecule has 0 aliphatic carbocycles. The molecule has 24 heteroatoms. The van der Waals surface area contributed by atoms with Gasteiger partial charge in [-0.15, -0.1) is 0 Å². The van der Waals surface area contributed by atoms with Gasteiger partial charge in [-0.3, -0.25) is 57.9 Å². The van der Waals surface area contributed by atoms with E-state index >= 15 is 4.79 Å². The number of aromatic nitrogens is 1. The van der Waals surface area contributed by atoms with Gasteiger partial charge in [-0.2, -0.15) is 0 Å². The molecule has 0 bridgehead atoms. The second kappa shape index (κ2) is 28.4. The Morgan fingerprint density at radius 1 is 0.688 bits per heavy atom. The molecule has 3 aromatic rings. The zero-order chi connectivity index (χ0) is 57.3. The third-order valence-electron chi connectivity index (χ3n) is 14.8. The largest absolute Gasteiger partial charge is 0.370 e. The van der Waals surface area contributed by atoms with Crippen molar-refractivity contribution in [1.82, 2.24) is 52.0 Å². The minimum absolute atomic E-state index is 0.00463. The molecule has 5 heterocycles. The summed E-state index contributed by atoms with van der Waals surface area (Å²) in [5.41, 5.74) is 13.8. The highest BCUT2D eigenvalue weighted by molar-refractivity contribution is 5.99. The van der Waals surface area contributed by atoms with Gasteiger partial charge in [0.1, 0.15) is 42.3 Å². The lowest BCUT2D eigenvalue weighted by molar-refractivity contribution is -0.147. The fourth-order valence-corrected chi connectivity index (χ4v) is 10.7. The third-order valence-corrected chi connectivity index (χ3v) is 14.8. The Labute approximate surface area is 463 Å². The number of fused-ring (bicyclic) bond motifs is 1. The van der Waals surface area contributed by atoms with E-state index in [1.165, 1.54) is 23.6 Å². The average molecular weight is 1100 g/mol. The molecule has 0 unspecified atom stereocenters. The summed E-state index contributed by atoms with van der Waals surface area (Å²) in [5, 5.41) is 20.2. The minimum atomic E-state index is -1.39. The first-order valence-electron chi connectivity index (χ1n) is 27.5. The van der Waals surface area contributed by atoms with Gasteiger partial charge in [-0.05, 0) is 81.9 Å². The summed E-state index contributed by atoms with van der Waals surface area (Å²) in [4.78, 5) is 156. The molecule has 80 heavy (non-hydrogen) atoms. The normalized spacial score (nSPS) is 24.9. The fourth-order valence-electron chi connectivity index (χ4n) is 10.7. The van der Waals surface area contributed by atoms with Gasteiger partial charge < -0.3 is 63.5 Å². The van der Waals surface area contributed by atoms with Crippen LogP contribution in [0.3, 0.4) is 0 Å². The molecular weight excluding hydrogens is 1030 g/mol. The number of nitrogens with two attached hydrogens (primary N) is 2. The summed E-state index contributed by atoms with van der Waals surface area (Å²) in [5.74, 6) is -6.29. The number of Topliss-reactive ketones (excluding diaryl/α,β-unsaturated/α-hetero) is 1. The molecule has 3 fully saturated rings. The highest BCUT2D eigenvalue weighted by Gasteiger charge is 2.43. The predicted octanol–water partition coefficient (Wildman–Crippen LogP) is -0.0549. The Kier molecular flexibility index (Phi) is 21.1. The summed E-state index contributed by atoms with van der Waals surface area (Å²) < 4.78 is 0. The first-order valence-corrected chi connectivity index (χ1v) is 27.5. The van der Waals surface area contributed by atoms with Crippen molar-refractivity contribution < 1.29 is 47.9 Å². The number of carbonyl (C=O) groups excluding carboxylic acids is 10. The van der Waals surface area contributed by atoms with Crippen molar-refractivity contribution in [3.63, 3.8) is 0 Å². The van der Waals surface area contributed by atoms with Gasteiger partial charge in [0.05, 0.1) is 6.04 Å². The average Bonchev–Trinajstić information content (AvgIpc) is 4.33. The molecule has 4 aliphatic heterocycles. The maximum atomic E-state index is 15.1. The van der Waals surface area contributed by atoms with Crippen LogP contribution in [0.25, 0.3) is 10.9 Å². The van der Waals surface area contributed by atoms with Crippen LogP contribution in [0.1, 0.15) is 102 Å². The number of likely N-dealkylation sites (tertiary alicyclic amines) is 2. The number of H-pyrrole nitrogens is 1. The molecule has 1 aromatic heterocycles. The number of nitrogens with one attached hydrogen (secondary N) is 8. The zero-order valence-electron chi connectivity index (χ0n) is 45.3. The smallest absolute Gasteiger partial charge is 0.245 e. The first-order chi connectivity index (χ1) is 38.4. The van der Waals surface area contributed by atoms with Crippen LogP contribution in [0.4, 0.5) is 0 Å². The van der Waals surface area contributed by atoms with E-state index < -0.39 is 95.6 Å². The van der Waals surface area contributed by atoms with Crippen LogP contribution in [-0.2, 0) is 60.8 Å². The Morgan fingerprint density at radius 2 is 1.31 bits per heavy atom. The minimum Gasteiger partial charge on any atom is -0.370 e. The maximum absolute atomic E-state index is 15.1. The van der Waals surface area contributed by atoms with Gasteiger partial charge in [-0.25, -0.2) is 0 Å². The summed E-state index contributed by atoms with van der Waals surface area (Å²) in [6.45, 7) is 3.26. The number of amides is 9. The van der Waals surface area contributed by atoms with E-state index in [0.29, 0.717) is 55.5 Å². The van der Waals surface area contributed by atoms with Crippen LogP contribution in [0.15, 0.2) is 82.6 Å². The Hall–Kier alpha value is -8.44. The molecule has 24 nitrogen and oxygen atoms in total. The molecular formula is C56H74N14O10. The van der Waals surface area contributed by atoms with Crippen molar-refractivity contribution in [2.45, 2.75) is 152 Å². The molecule has 3 saturated heterocycles. The lowest BCUT2D eigenvalue weighted by atomic mass is 10.0. The topological polar surface area (TPSA) is 354 Å². The van der Waals surface area contributed by atoms with Gasteiger partial charge >= 0.3 is 0 Å². The van der Waals surface area contributed by atoms with Crippen molar-refractivity contribution >= 4 is 82.0 Å². The predicted molar refractivity (Wildman–Crippen MR) is 297 cm³/mol. The first kappa shape index (κ1) is 59.2. The number of hydrogen-bond donors (Lipinski definition) is 10. The Morgan fingerprint density at radius 3 is 2.00 bits per heavy atom. The lowest BCUT2D eigenvalue weighted by Crippen LogP contribution is -2.60. The second-order valence-corrected chi connectivity index (χ2v) is 20.7. The molecule has 9 amide bonds. The highest BCUT2D eigenvalue weighted by Crippen LogP contribution is 2.27.